The van der Waals surface area contributed by atoms with Gasteiger partial charge >= 0.3 is 5.97 Å². The van der Waals surface area contributed by atoms with Gasteiger partial charge in [-0.05, 0) is 6.92 Å². The summed E-state index contributed by atoms with van der Waals surface area (Å²) in [4.78, 5) is 20.2. The van der Waals surface area contributed by atoms with Crippen LogP contribution in [0.5, 0.6) is 0 Å². The van der Waals surface area contributed by atoms with E-state index < -0.39 is 12.0 Å². The molecule has 0 aliphatic heterocycles. The van der Waals surface area contributed by atoms with Crippen LogP contribution in [-0.4, -0.2) is 25.5 Å². The lowest BCUT2D eigenvalue weighted by molar-refractivity contribution is -0.143. The Bertz CT molecular complexity index is 113. The molecule has 1 atom stereocenters. The predicted molar refractivity (Wildman–Crippen MR) is 30.7 cm³/mol. The highest BCUT2D eigenvalue weighted by molar-refractivity contribution is 5.77. The third-order valence-corrected chi connectivity index (χ3v) is 0.873. The third kappa shape index (κ3) is 2.69. The van der Waals surface area contributed by atoms with Crippen LogP contribution in [0, 0.1) is 0 Å². The van der Waals surface area contributed by atoms with Gasteiger partial charge in [0.1, 0.15) is 6.04 Å². The van der Waals surface area contributed by atoms with Crippen molar-refractivity contribution in [3.05, 3.63) is 0 Å². The van der Waals surface area contributed by atoms with E-state index >= 15 is 0 Å². The Labute approximate surface area is 53.2 Å². The summed E-state index contributed by atoms with van der Waals surface area (Å²) in [5.74, 6) is -0.442. The number of methoxy groups -OCH3 is 1. The molecule has 0 unspecified atom stereocenters. The summed E-state index contributed by atoms with van der Waals surface area (Å²) in [6.45, 7) is 1.54. The van der Waals surface area contributed by atoms with Gasteiger partial charge in [-0.25, -0.2) is 4.79 Å². The van der Waals surface area contributed by atoms with Crippen LogP contribution < -0.4 is 5.32 Å². The molecule has 0 aromatic heterocycles. The zero-order valence-electron chi connectivity index (χ0n) is 5.38. The number of esters is 1. The molecule has 0 rings (SSSR count). The summed E-state index contributed by atoms with van der Waals surface area (Å²) < 4.78 is 4.30. The molecule has 52 valence electrons. The molecule has 1 N–H and O–H groups in total. The van der Waals surface area contributed by atoms with Crippen LogP contribution >= 0.6 is 0 Å². The third-order valence-electron chi connectivity index (χ3n) is 0.873. The van der Waals surface area contributed by atoms with Crippen LogP contribution in [0.15, 0.2) is 0 Å². The molecule has 0 saturated heterocycles. The summed E-state index contributed by atoms with van der Waals surface area (Å²) in [6.07, 6.45) is 0.460. The van der Waals surface area contributed by atoms with Crippen molar-refractivity contribution in [1.29, 1.82) is 0 Å². The molecule has 0 aliphatic carbocycles. The van der Waals surface area contributed by atoms with E-state index in [1.54, 1.807) is 6.92 Å². The number of rotatable bonds is 3. The fourth-order valence-electron chi connectivity index (χ4n) is 0.347. The zero-order chi connectivity index (χ0) is 7.28. The van der Waals surface area contributed by atoms with Crippen molar-refractivity contribution in [3.8, 4) is 0 Å². The van der Waals surface area contributed by atoms with Crippen LogP contribution in [0.4, 0.5) is 0 Å². The first-order chi connectivity index (χ1) is 4.22. The van der Waals surface area contributed by atoms with Crippen LogP contribution in [0.3, 0.4) is 0 Å². The monoisotopic (exact) mass is 131 g/mol. The van der Waals surface area contributed by atoms with E-state index in [4.69, 9.17) is 0 Å². The lowest BCUT2D eigenvalue weighted by atomic mass is 10.4. The number of nitrogens with one attached hydrogen (secondary N) is 1. The van der Waals surface area contributed by atoms with E-state index in [2.05, 4.69) is 10.1 Å². The van der Waals surface area contributed by atoms with Gasteiger partial charge < -0.3 is 10.1 Å². The van der Waals surface area contributed by atoms with Gasteiger partial charge in [-0.2, -0.15) is 0 Å². The average Bonchev–Trinajstić information content (AvgIpc) is 1.87. The van der Waals surface area contributed by atoms with Crippen molar-refractivity contribution in [2.24, 2.45) is 0 Å². The molecular formula is C5H9NO3. The van der Waals surface area contributed by atoms with E-state index in [1.807, 2.05) is 0 Å². The quantitative estimate of drug-likeness (QED) is 0.407. The summed E-state index contributed by atoms with van der Waals surface area (Å²) in [7, 11) is 1.27. The SMILES string of the molecule is COC(=O)[C@@H](C)NC=O. The number of carbonyl (C=O) groups excluding carboxylic acids is 2. The first-order valence-corrected chi connectivity index (χ1v) is 2.50. The Morgan fingerprint density at radius 3 is 2.67 bits per heavy atom. The van der Waals surface area contributed by atoms with Gasteiger partial charge in [0.15, 0.2) is 0 Å². The van der Waals surface area contributed by atoms with Crippen LogP contribution in [0.2, 0.25) is 0 Å². The second kappa shape index (κ2) is 3.88. The minimum Gasteiger partial charge on any atom is -0.467 e. The number of hydrogen-bond acceptors (Lipinski definition) is 3. The Morgan fingerprint density at radius 1 is 1.78 bits per heavy atom. The molecule has 0 spiro atoms. The molecule has 0 heterocycles. The van der Waals surface area contributed by atoms with Crippen LogP contribution in [-0.2, 0) is 14.3 Å². The second-order valence-corrected chi connectivity index (χ2v) is 1.53. The summed E-state index contributed by atoms with van der Waals surface area (Å²) in [6, 6.07) is -0.549. The Balaban J connectivity index is 3.58. The molecule has 4 heteroatoms. The average molecular weight is 131 g/mol. The van der Waals surface area contributed by atoms with Gasteiger partial charge in [0.25, 0.3) is 0 Å². The molecule has 0 radical (unpaired) electrons. The number of carbonyl (C=O) groups is 2. The van der Waals surface area contributed by atoms with Gasteiger partial charge in [-0.15, -0.1) is 0 Å². The maximum absolute atomic E-state index is 10.5. The van der Waals surface area contributed by atoms with E-state index in [0.29, 0.717) is 6.41 Å². The summed E-state index contributed by atoms with van der Waals surface area (Å²) >= 11 is 0. The number of hydrogen-bond donors (Lipinski definition) is 1. The Morgan fingerprint density at radius 2 is 2.33 bits per heavy atom. The fourth-order valence-corrected chi connectivity index (χ4v) is 0.347. The highest BCUT2D eigenvalue weighted by atomic mass is 16.5. The van der Waals surface area contributed by atoms with E-state index in [9.17, 15) is 9.59 Å². The molecule has 0 saturated carbocycles. The van der Waals surface area contributed by atoms with Crippen molar-refractivity contribution in [3.63, 3.8) is 0 Å². The topological polar surface area (TPSA) is 55.4 Å². The normalized spacial score (nSPS) is 11.8. The van der Waals surface area contributed by atoms with Crippen molar-refractivity contribution in [2.75, 3.05) is 7.11 Å². The molecule has 1 amide bonds. The lowest BCUT2D eigenvalue weighted by Gasteiger charge is -2.05. The number of ether oxygens (including phenoxy) is 1. The van der Waals surface area contributed by atoms with Gasteiger partial charge in [0.05, 0.1) is 7.11 Å². The minimum atomic E-state index is -0.549. The molecule has 0 aromatic carbocycles. The molecular weight excluding hydrogens is 122 g/mol. The van der Waals surface area contributed by atoms with Crippen molar-refractivity contribution in [2.45, 2.75) is 13.0 Å². The van der Waals surface area contributed by atoms with Gasteiger partial charge in [0, 0.05) is 0 Å². The lowest BCUT2D eigenvalue weighted by Crippen LogP contribution is -2.33. The van der Waals surface area contributed by atoms with Gasteiger partial charge in [-0.3, -0.25) is 4.79 Å². The molecule has 0 bridgehead atoms. The molecule has 9 heavy (non-hydrogen) atoms. The van der Waals surface area contributed by atoms with E-state index in [0.717, 1.165) is 0 Å². The van der Waals surface area contributed by atoms with Crippen molar-refractivity contribution < 1.29 is 14.3 Å². The largest absolute Gasteiger partial charge is 0.467 e. The standard InChI is InChI=1S/C5H9NO3/c1-4(6-3-7)5(8)9-2/h3-4H,1-2H3,(H,6,7)/t4-/m1/s1. The van der Waals surface area contributed by atoms with Gasteiger partial charge in [-0.1, -0.05) is 0 Å². The van der Waals surface area contributed by atoms with Gasteiger partial charge in [0.2, 0.25) is 6.41 Å². The Kier molecular flexibility index (Phi) is 3.43. The minimum absolute atomic E-state index is 0.442. The maximum Gasteiger partial charge on any atom is 0.328 e. The molecule has 4 nitrogen and oxygen atoms in total. The first-order valence-electron chi connectivity index (χ1n) is 2.50. The molecule has 0 aromatic rings. The van der Waals surface area contributed by atoms with Crippen LogP contribution in [0.25, 0.3) is 0 Å². The molecule has 0 fully saturated rings. The maximum atomic E-state index is 10.5. The van der Waals surface area contributed by atoms with E-state index in [-0.39, 0.29) is 0 Å². The highest BCUT2D eigenvalue weighted by Crippen LogP contribution is 1.81. The smallest absolute Gasteiger partial charge is 0.328 e. The first kappa shape index (κ1) is 7.94. The Hall–Kier alpha value is -1.06. The summed E-state index contributed by atoms with van der Waals surface area (Å²) in [5.41, 5.74) is 0. The second-order valence-electron chi connectivity index (χ2n) is 1.53. The van der Waals surface area contributed by atoms with Crippen molar-refractivity contribution >= 4 is 12.4 Å². The van der Waals surface area contributed by atoms with Crippen molar-refractivity contribution in [1.82, 2.24) is 5.32 Å². The van der Waals surface area contributed by atoms with E-state index in [1.165, 1.54) is 7.11 Å². The summed E-state index contributed by atoms with van der Waals surface area (Å²) in [5, 5.41) is 2.24. The zero-order valence-corrected chi connectivity index (χ0v) is 5.38. The fraction of sp³-hybridized carbons (Fsp3) is 0.600. The molecule has 0 aliphatic rings. The van der Waals surface area contributed by atoms with Crippen LogP contribution in [0.1, 0.15) is 6.92 Å². The highest BCUT2D eigenvalue weighted by Gasteiger charge is 2.09. The predicted octanol–water partition coefficient (Wildman–Crippen LogP) is -0.706. The number of amides is 1.